The van der Waals surface area contributed by atoms with Crippen molar-refractivity contribution in [2.24, 2.45) is 0 Å². The first-order valence-corrected chi connectivity index (χ1v) is 6.05. The standard InChI is InChI=1S/C13H20N2O2/c1-9-11(8-16)4-5-13(14-9)15(3)12-6-7-17-10(12)2/h4-5,10,12,16H,6-8H2,1-3H3. The Bertz CT molecular complexity index is 395. The van der Waals surface area contributed by atoms with Crippen molar-refractivity contribution in [1.29, 1.82) is 0 Å². The highest BCUT2D eigenvalue weighted by Crippen LogP contribution is 2.23. The molecule has 1 N–H and O–H groups in total. The SMILES string of the molecule is Cc1nc(N(C)C2CCOC2C)ccc1CO. The van der Waals surface area contributed by atoms with Gasteiger partial charge in [0, 0.05) is 19.3 Å². The molecule has 1 aromatic heterocycles. The predicted molar refractivity (Wildman–Crippen MR) is 67.1 cm³/mol. The fraction of sp³-hybridized carbons (Fsp3) is 0.615. The van der Waals surface area contributed by atoms with Crippen molar-refractivity contribution in [2.45, 2.75) is 39.0 Å². The lowest BCUT2D eigenvalue weighted by atomic mass is 10.1. The summed E-state index contributed by atoms with van der Waals surface area (Å²) in [6, 6.07) is 4.29. The van der Waals surface area contributed by atoms with E-state index in [1.54, 1.807) is 0 Å². The average Bonchev–Trinajstić information content (AvgIpc) is 2.74. The summed E-state index contributed by atoms with van der Waals surface area (Å²) in [4.78, 5) is 6.71. The number of likely N-dealkylation sites (N-methyl/N-ethyl adjacent to an activating group) is 1. The maximum atomic E-state index is 9.13. The number of hydrogen-bond acceptors (Lipinski definition) is 4. The molecule has 1 aliphatic rings. The van der Waals surface area contributed by atoms with Crippen LogP contribution in [0.2, 0.25) is 0 Å². The predicted octanol–water partition coefficient (Wildman–Crippen LogP) is 1.50. The Morgan fingerprint density at radius 1 is 1.53 bits per heavy atom. The first kappa shape index (κ1) is 12.3. The molecular formula is C13H20N2O2. The molecule has 2 unspecified atom stereocenters. The zero-order valence-corrected chi connectivity index (χ0v) is 10.7. The van der Waals surface area contributed by atoms with E-state index in [1.807, 2.05) is 19.1 Å². The van der Waals surface area contributed by atoms with E-state index in [0.29, 0.717) is 6.04 Å². The van der Waals surface area contributed by atoms with E-state index in [0.717, 1.165) is 30.1 Å². The Labute approximate surface area is 102 Å². The van der Waals surface area contributed by atoms with Gasteiger partial charge in [-0.15, -0.1) is 0 Å². The van der Waals surface area contributed by atoms with Crippen LogP contribution in [0.4, 0.5) is 5.82 Å². The van der Waals surface area contributed by atoms with Crippen molar-refractivity contribution in [1.82, 2.24) is 4.98 Å². The second kappa shape index (κ2) is 5.02. The Morgan fingerprint density at radius 3 is 2.82 bits per heavy atom. The molecule has 2 heterocycles. The van der Waals surface area contributed by atoms with Crippen LogP contribution in [0.25, 0.3) is 0 Å². The van der Waals surface area contributed by atoms with Gasteiger partial charge >= 0.3 is 0 Å². The van der Waals surface area contributed by atoms with Gasteiger partial charge < -0.3 is 14.7 Å². The van der Waals surface area contributed by atoms with Crippen LogP contribution in [-0.4, -0.2) is 35.9 Å². The van der Waals surface area contributed by atoms with E-state index in [2.05, 4.69) is 23.9 Å². The van der Waals surface area contributed by atoms with E-state index in [9.17, 15) is 0 Å². The van der Waals surface area contributed by atoms with Crippen molar-refractivity contribution < 1.29 is 9.84 Å². The Kier molecular flexibility index (Phi) is 3.64. The molecule has 2 atom stereocenters. The van der Waals surface area contributed by atoms with Crippen molar-refractivity contribution in [3.8, 4) is 0 Å². The van der Waals surface area contributed by atoms with Crippen LogP contribution < -0.4 is 4.90 Å². The number of pyridine rings is 1. The van der Waals surface area contributed by atoms with Crippen molar-refractivity contribution >= 4 is 5.82 Å². The number of anilines is 1. The second-order valence-electron chi connectivity index (χ2n) is 4.61. The average molecular weight is 236 g/mol. The normalized spacial score (nSPS) is 24.0. The number of aryl methyl sites for hydroxylation is 1. The zero-order valence-electron chi connectivity index (χ0n) is 10.7. The molecule has 1 fully saturated rings. The minimum Gasteiger partial charge on any atom is -0.392 e. The largest absolute Gasteiger partial charge is 0.392 e. The molecule has 0 amide bonds. The molecule has 1 saturated heterocycles. The molecule has 0 radical (unpaired) electrons. The van der Waals surface area contributed by atoms with Crippen LogP contribution in [0.5, 0.6) is 0 Å². The fourth-order valence-corrected chi connectivity index (χ4v) is 2.34. The lowest BCUT2D eigenvalue weighted by Gasteiger charge is -2.28. The van der Waals surface area contributed by atoms with Crippen LogP contribution in [0, 0.1) is 6.92 Å². The van der Waals surface area contributed by atoms with E-state index in [-0.39, 0.29) is 12.7 Å². The van der Waals surface area contributed by atoms with Gasteiger partial charge in [-0.1, -0.05) is 6.07 Å². The third-order valence-corrected chi connectivity index (χ3v) is 3.55. The topological polar surface area (TPSA) is 45.6 Å². The van der Waals surface area contributed by atoms with Crippen molar-refractivity contribution in [2.75, 3.05) is 18.6 Å². The number of aliphatic hydroxyl groups is 1. The molecule has 1 aromatic rings. The summed E-state index contributed by atoms with van der Waals surface area (Å²) in [6.45, 7) is 4.90. The Morgan fingerprint density at radius 2 is 2.29 bits per heavy atom. The Balaban J connectivity index is 2.19. The lowest BCUT2D eigenvalue weighted by molar-refractivity contribution is 0.118. The van der Waals surface area contributed by atoms with E-state index in [4.69, 9.17) is 9.84 Å². The first-order valence-electron chi connectivity index (χ1n) is 6.05. The summed E-state index contributed by atoms with van der Waals surface area (Å²) in [5.74, 6) is 0.946. The van der Waals surface area contributed by atoms with E-state index in [1.165, 1.54) is 0 Å². The maximum absolute atomic E-state index is 9.13. The minimum atomic E-state index is 0.0474. The van der Waals surface area contributed by atoms with Crippen LogP contribution in [-0.2, 0) is 11.3 Å². The van der Waals surface area contributed by atoms with Gasteiger partial charge in [0.25, 0.3) is 0 Å². The zero-order chi connectivity index (χ0) is 12.4. The number of aliphatic hydroxyl groups excluding tert-OH is 1. The molecule has 94 valence electrons. The van der Waals surface area contributed by atoms with Crippen LogP contribution >= 0.6 is 0 Å². The quantitative estimate of drug-likeness (QED) is 0.863. The summed E-state index contributed by atoms with van der Waals surface area (Å²) < 4.78 is 5.57. The highest BCUT2D eigenvalue weighted by atomic mass is 16.5. The summed E-state index contributed by atoms with van der Waals surface area (Å²) >= 11 is 0. The number of rotatable bonds is 3. The van der Waals surface area contributed by atoms with Gasteiger partial charge in [-0.3, -0.25) is 0 Å². The molecule has 4 heteroatoms. The Hall–Kier alpha value is -1.13. The van der Waals surface area contributed by atoms with Crippen LogP contribution in [0.15, 0.2) is 12.1 Å². The number of aromatic nitrogens is 1. The number of ether oxygens (including phenoxy) is 1. The molecule has 17 heavy (non-hydrogen) atoms. The van der Waals surface area contributed by atoms with E-state index >= 15 is 0 Å². The van der Waals surface area contributed by atoms with Gasteiger partial charge in [-0.2, -0.15) is 0 Å². The first-order chi connectivity index (χ1) is 8.13. The van der Waals surface area contributed by atoms with Crippen molar-refractivity contribution in [3.63, 3.8) is 0 Å². The van der Waals surface area contributed by atoms with Gasteiger partial charge in [0.1, 0.15) is 5.82 Å². The lowest BCUT2D eigenvalue weighted by Crippen LogP contribution is -2.37. The van der Waals surface area contributed by atoms with Gasteiger partial charge in [0.2, 0.25) is 0 Å². The fourth-order valence-electron chi connectivity index (χ4n) is 2.34. The molecule has 0 bridgehead atoms. The molecular weight excluding hydrogens is 216 g/mol. The summed E-state index contributed by atoms with van der Waals surface area (Å²) in [6.07, 6.45) is 1.29. The molecule has 0 aliphatic carbocycles. The van der Waals surface area contributed by atoms with E-state index < -0.39 is 0 Å². The molecule has 1 aliphatic heterocycles. The molecule has 0 aromatic carbocycles. The summed E-state index contributed by atoms with van der Waals surface area (Å²) in [5.41, 5.74) is 1.78. The summed E-state index contributed by atoms with van der Waals surface area (Å²) in [7, 11) is 2.05. The highest BCUT2D eigenvalue weighted by molar-refractivity contribution is 5.42. The van der Waals surface area contributed by atoms with Crippen molar-refractivity contribution in [3.05, 3.63) is 23.4 Å². The van der Waals surface area contributed by atoms with Gasteiger partial charge in [-0.25, -0.2) is 4.98 Å². The van der Waals surface area contributed by atoms with Gasteiger partial charge in [0.05, 0.1) is 18.8 Å². The monoisotopic (exact) mass is 236 g/mol. The number of nitrogens with zero attached hydrogens (tertiary/aromatic N) is 2. The minimum absolute atomic E-state index is 0.0474. The molecule has 0 saturated carbocycles. The van der Waals surface area contributed by atoms with Crippen LogP contribution in [0.1, 0.15) is 24.6 Å². The molecule has 0 spiro atoms. The second-order valence-corrected chi connectivity index (χ2v) is 4.61. The summed E-state index contributed by atoms with van der Waals surface area (Å²) in [5, 5.41) is 9.13. The molecule has 2 rings (SSSR count). The highest BCUT2D eigenvalue weighted by Gasteiger charge is 2.28. The maximum Gasteiger partial charge on any atom is 0.128 e. The van der Waals surface area contributed by atoms with Gasteiger partial charge in [-0.05, 0) is 31.9 Å². The third kappa shape index (κ3) is 2.42. The molecule has 4 nitrogen and oxygen atoms in total. The number of hydrogen-bond donors (Lipinski definition) is 1. The van der Waals surface area contributed by atoms with Gasteiger partial charge in [0.15, 0.2) is 0 Å². The van der Waals surface area contributed by atoms with Crippen LogP contribution in [0.3, 0.4) is 0 Å². The third-order valence-electron chi connectivity index (χ3n) is 3.55. The smallest absolute Gasteiger partial charge is 0.128 e.